The van der Waals surface area contributed by atoms with Gasteiger partial charge < -0.3 is 0 Å². The van der Waals surface area contributed by atoms with Crippen LogP contribution < -0.4 is 0 Å². The van der Waals surface area contributed by atoms with Crippen LogP contribution in [0, 0.1) is 23.7 Å². The van der Waals surface area contributed by atoms with Crippen molar-refractivity contribution in [1.82, 2.24) is 0 Å². The summed E-state index contributed by atoms with van der Waals surface area (Å²) in [6.07, 6.45) is 16.9. The van der Waals surface area contributed by atoms with E-state index in [1.807, 2.05) is 0 Å². The van der Waals surface area contributed by atoms with Crippen LogP contribution in [0.15, 0.2) is 24.3 Å². The van der Waals surface area contributed by atoms with E-state index in [0.29, 0.717) is 0 Å². The highest BCUT2D eigenvalue weighted by molar-refractivity contribution is 5.12. The maximum Gasteiger partial charge on any atom is -0.0196 e. The molecule has 3 aliphatic rings. The second-order valence-electron chi connectivity index (χ2n) is 4.99. The summed E-state index contributed by atoms with van der Waals surface area (Å²) in [7, 11) is 0. The van der Waals surface area contributed by atoms with Gasteiger partial charge in [-0.05, 0) is 55.8 Å². The zero-order chi connectivity index (χ0) is 8.67. The second-order valence-corrected chi connectivity index (χ2v) is 4.99. The molecule has 4 atom stereocenters. The van der Waals surface area contributed by atoms with Crippen LogP contribution in [0.4, 0.5) is 0 Å². The quantitative estimate of drug-likeness (QED) is 0.533. The van der Waals surface area contributed by atoms with E-state index in [1.54, 1.807) is 0 Å². The Hall–Kier alpha value is -0.520. The van der Waals surface area contributed by atoms with Gasteiger partial charge in [0, 0.05) is 0 Å². The molecule has 0 heteroatoms. The Morgan fingerprint density at radius 2 is 2.00 bits per heavy atom. The van der Waals surface area contributed by atoms with Crippen molar-refractivity contribution in [2.75, 3.05) is 0 Å². The van der Waals surface area contributed by atoms with Crippen molar-refractivity contribution in [2.45, 2.75) is 32.1 Å². The predicted octanol–water partition coefficient (Wildman–Crippen LogP) is 3.55. The molecule has 0 aromatic carbocycles. The van der Waals surface area contributed by atoms with Crippen molar-refractivity contribution in [2.24, 2.45) is 23.7 Å². The molecule has 0 saturated heterocycles. The first-order chi connectivity index (χ1) is 6.43. The highest BCUT2D eigenvalue weighted by Crippen LogP contribution is 2.49. The first kappa shape index (κ1) is 7.84. The van der Waals surface area contributed by atoms with Gasteiger partial charge in [-0.25, -0.2) is 0 Å². The maximum absolute atomic E-state index is 2.50. The molecule has 1 saturated carbocycles. The smallest absolute Gasteiger partial charge is 0.0196 e. The minimum absolute atomic E-state index is 0.959. The summed E-state index contributed by atoms with van der Waals surface area (Å²) >= 11 is 0. The lowest BCUT2D eigenvalue weighted by atomic mass is 9.76. The Bertz CT molecular complexity index is 249. The van der Waals surface area contributed by atoms with Crippen LogP contribution in [-0.4, -0.2) is 0 Å². The molecule has 2 bridgehead atoms. The Kier molecular flexibility index (Phi) is 1.81. The molecule has 0 nitrogen and oxygen atoms in total. The topological polar surface area (TPSA) is 0 Å². The molecule has 1 fully saturated rings. The van der Waals surface area contributed by atoms with Gasteiger partial charge >= 0.3 is 0 Å². The third-order valence-corrected chi connectivity index (χ3v) is 4.25. The van der Waals surface area contributed by atoms with Gasteiger partial charge in [0.2, 0.25) is 0 Å². The summed E-state index contributed by atoms with van der Waals surface area (Å²) < 4.78 is 0. The van der Waals surface area contributed by atoms with Gasteiger partial charge in [-0.3, -0.25) is 0 Å². The molecule has 0 spiro atoms. The van der Waals surface area contributed by atoms with Crippen LogP contribution in [0.25, 0.3) is 0 Å². The van der Waals surface area contributed by atoms with Crippen LogP contribution in [0.1, 0.15) is 32.1 Å². The van der Waals surface area contributed by atoms with Gasteiger partial charge in [-0.15, -0.1) is 0 Å². The fraction of sp³-hybridized carbons (Fsp3) is 0.692. The summed E-state index contributed by atoms with van der Waals surface area (Å²) in [6, 6.07) is 0. The minimum Gasteiger partial charge on any atom is -0.0885 e. The summed E-state index contributed by atoms with van der Waals surface area (Å²) in [5, 5.41) is 0. The molecule has 70 valence electrons. The average molecular weight is 174 g/mol. The molecule has 0 aliphatic heterocycles. The van der Waals surface area contributed by atoms with Crippen LogP contribution in [0.2, 0.25) is 0 Å². The van der Waals surface area contributed by atoms with Crippen molar-refractivity contribution >= 4 is 0 Å². The van der Waals surface area contributed by atoms with E-state index in [2.05, 4.69) is 24.3 Å². The Labute approximate surface area is 80.7 Å². The molecular formula is C13H18. The number of allylic oxidation sites excluding steroid dienone is 4. The van der Waals surface area contributed by atoms with Crippen LogP contribution in [0.3, 0.4) is 0 Å². The third kappa shape index (κ3) is 1.27. The lowest BCUT2D eigenvalue weighted by Gasteiger charge is -2.29. The number of hydrogen-bond donors (Lipinski definition) is 0. The van der Waals surface area contributed by atoms with Crippen molar-refractivity contribution in [1.29, 1.82) is 0 Å². The zero-order valence-electron chi connectivity index (χ0n) is 8.15. The predicted molar refractivity (Wildman–Crippen MR) is 55.3 cm³/mol. The molecule has 13 heavy (non-hydrogen) atoms. The molecule has 0 amide bonds. The van der Waals surface area contributed by atoms with Gasteiger partial charge in [-0.2, -0.15) is 0 Å². The Morgan fingerprint density at radius 3 is 2.62 bits per heavy atom. The molecular weight excluding hydrogens is 156 g/mol. The summed E-state index contributed by atoms with van der Waals surface area (Å²) in [5.74, 6) is 3.98. The van der Waals surface area contributed by atoms with Gasteiger partial charge in [0.15, 0.2) is 0 Å². The van der Waals surface area contributed by atoms with Crippen molar-refractivity contribution in [3.63, 3.8) is 0 Å². The lowest BCUT2D eigenvalue weighted by molar-refractivity contribution is 0.268. The van der Waals surface area contributed by atoms with Gasteiger partial charge in [-0.1, -0.05) is 24.3 Å². The molecule has 0 N–H and O–H groups in total. The molecule has 3 aliphatic carbocycles. The fourth-order valence-corrected chi connectivity index (χ4v) is 3.57. The first-order valence-corrected chi connectivity index (χ1v) is 5.77. The van der Waals surface area contributed by atoms with Gasteiger partial charge in [0.05, 0.1) is 0 Å². The van der Waals surface area contributed by atoms with E-state index in [4.69, 9.17) is 0 Å². The minimum atomic E-state index is 0.959. The van der Waals surface area contributed by atoms with Crippen LogP contribution >= 0.6 is 0 Å². The standard InChI is InChI=1S/C13H18/c1-2-4-11(5-3-1)13-9-10-6-7-12(13)8-10/h1-2,6-7,10-13H,3-5,8-9H2/t10-,11-,12-,13-/m1/s1. The van der Waals surface area contributed by atoms with Gasteiger partial charge in [0.1, 0.15) is 0 Å². The summed E-state index contributed by atoms with van der Waals surface area (Å²) in [6.45, 7) is 0. The lowest BCUT2D eigenvalue weighted by Crippen LogP contribution is -2.19. The maximum atomic E-state index is 2.50. The average Bonchev–Trinajstić information content (AvgIpc) is 2.80. The van der Waals surface area contributed by atoms with E-state index >= 15 is 0 Å². The monoisotopic (exact) mass is 174 g/mol. The normalized spacial score (nSPS) is 47.4. The molecule has 0 heterocycles. The highest BCUT2D eigenvalue weighted by atomic mass is 14.4. The molecule has 0 aromatic heterocycles. The molecule has 3 rings (SSSR count). The van der Waals surface area contributed by atoms with Gasteiger partial charge in [0.25, 0.3) is 0 Å². The fourth-order valence-electron chi connectivity index (χ4n) is 3.57. The van der Waals surface area contributed by atoms with E-state index in [-0.39, 0.29) is 0 Å². The SMILES string of the molecule is C1=CC[C@@H]([C@H]2C[C@@H]3C=C[C@@H]2C3)CC1. The first-order valence-electron chi connectivity index (χ1n) is 5.77. The Morgan fingerprint density at radius 1 is 1.00 bits per heavy atom. The summed E-state index contributed by atoms with van der Waals surface area (Å²) in [5.41, 5.74) is 0. The van der Waals surface area contributed by atoms with Crippen molar-refractivity contribution in [3.05, 3.63) is 24.3 Å². The van der Waals surface area contributed by atoms with E-state index in [9.17, 15) is 0 Å². The van der Waals surface area contributed by atoms with Crippen LogP contribution in [-0.2, 0) is 0 Å². The molecule has 0 aromatic rings. The second kappa shape index (κ2) is 3.01. The van der Waals surface area contributed by atoms with Crippen LogP contribution in [0.5, 0.6) is 0 Å². The van der Waals surface area contributed by atoms with E-state index < -0.39 is 0 Å². The molecule has 0 radical (unpaired) electrons. The molecule has 0 unspecified atom stereocenters. The zero-order valence-corrected chi connectivity index (χ0v) is 8.15. The van der Waals surface area contributed by atoms with E-state index in [0.717, 1.165) is 23.7 Å². The van der Waals surface area contributed by atoms with E-state index in [1.165, 1.54) is 32.1 Å². The third-order valence-electron chi connectivity index (χ3n) is 4.25. The highest BCUT2D eigenvalue weighted by Gasteiger charge is 2.39. The Balaban J connectivity index is 1.72. The largest absolute Gasteiger partial charge is 0.0885 e. The van der Waals surface area contributed by atoms with Crippen molar-refractivity contribution < 1.29 is 0 Å². The number of fused-ring (bicyclic) bond motifs is 2. The van der Waals surface area contributed by atoms with Crippen molar-refractivity contribution in [3.8, 4) is 0 Å². The number of hydrogen-bond acceptors (Lipinski definition) is 0. The number of rotatable bonds is 1. The summed E-state index contributed by atoms with van der Waals surface area (Å²) in [4.78, 5) is 0.